The molecule has 1 heterocycles. The molecule has 0 aliphatic heterocycles. The van der Waals surface area contributed by atoms with E-state index in [1.807, 2.05) is 0 Å². The second kappa shape index (κ2) is 9.41. The van der Waals surface area contributed by atoms with Crippen LogP contribution in [0, 0.1) is 0 Å². The van der Waals surface area contributed by atoms with Gasteiger partial charge in [0.25, 0.3) is 0 Å². The minimum Gasteiger partial charge on any atom is -0.443 e. The smallest absolute Gasteiger partial charge is 0.216 e. The summed E-state index contributed by atoms with van der Waals surface area (Å²) in [6.07, 6.45) is 2.93. The zero-order chi connectivity index (χ0) is 18.7. The van der Waals surface area contributed by atoms with Gasteiger partial charge < -0.3 is 15.1 Å². The van der Waals surface area contributed by atoms with Crippen molar-refractivity contribution >= 4 is 45.9 Å². The number of hydrogen-bond donors (Lipinski definition) is 2. The Labute approximate surface area is 187 Å². The molecule has 2 atom stereocenters. The lowest BCUT2D eigenvalue weighted by Gasteiger charge is -2.13. The van der Waals surface area contributed by atoms with Crippen molar-refractivity contribution in [2.24, 2.45) is 4.99 Å². The predicted octanol–water partition coefficient (Wildman–Crippen LogP) is 4.96. The maximum absolute atomic E-state index is 5.82. The van der Waals surface area contributed by atoms with Gasteiger partial charge in [0.15, 0.2) is 5.96 Å². The Morgan fingerprint density at radius 2 is 2.00 bits per heavy atom. The Morgan fingerprint density at radius 1 is 1.30 bits per heavy atom. The number of guanidine groups is 1. The summed E-state index contributed by atoms with van der Waals surface area (Å²) in [5.41, 5.74) is 1.33. The number of rotatable bonds is 5. The van der Waals surface area contributed by atoms with Crippen molar-refractivity contribution in [2.75, 3.05) is 6.54 Å². The topological polar surface area (TPSA) is 62.5 Å². The lowest BCUT2D eigenvalue weighted by molar-refractivity contribution is 0.383. The highest BCUT2D eigenvalue weighted by atomic mass is 127. The van der Waals surface area contributed by atoms with Crippen LogP contribution in [0.3, 0.4) is 0 Å². The molecule has 1 aliphatic carbocycles. The molecule has 2 unspecified atom stereocenters. The Kier molecular flexibility index (Phi) is 7.73. The number of hydrogen-bond acceptors (Lipinski definition) is 3. The van der Waals surface area contributed by atoms with Gasteiger partial charge in [0.05, 0.1) is 6.20 Å². The predicted molar refractivity (Wildman–Crippen MR) is 124 cm³/mol. The summed E-state index contributed by atoms with van der Waals surface area (Å²) in [5, 5.41) is 6.82. The van der Waals surface area contributed by atoms with Crippen LogP contribution in [0.2, 0.25) is 0 Å². The SMILES string of the molecule is CCNC(=NCc1ncc(C(C)(C)C)o1)NC1CC1c1ccc(Br)cc1.I. The minimum atomic E-state index is -0.0381. The van der Waals surface area contributed by atoms with E-state index in [2.05, 4.69) is 88.5 Å². The zero-order valence-corrected chi connectivity index (χ0v) is 20.2. The molecule has 148 valence electrons. The number of oxazole rings is 1. The molecule has 2 aromatic rings. The van der Waals surface area contributed by atoms with Crippen LogP contribution in [0.1, 0.15) is 57.2 Å². The fraction of sp³-hybridized carbons (Fsp3) is 0.500. The van der Waals surface area contributed by atoms with E-state index in [0.717, 1.165) is 29.2 Å². The molecule has 1 aromatic heterocycles. The zero-order valence-electron chi connectivity index (χ0n) is 16.3. The first kappa shape index (κ1) is 22.2. The summed E-state index contributed by atoms with van der Waals surface area (Å²) < 4.78 is 6.93. The quantitative estimate of drug-likeness (QED) is 0.316. The van der Waals surface area contributed by atoms with Gasteiger partial charge in [0.1, 0.15) is 12.3 Å². The summed E-state index contributed by atoms with van der Waals surface area (Å²) in [7, 11) is 0. The van der Waals surface area contributed by atoms with Crippen LogP contribution in [0.5, 0.6) is 0 Å². The Hall–Kier alpha value is -1.09. The summed E-state index contributed by atoms with van der Waals surface area (Å²) in [6, 6.07) is 8.98. The molecule has 1 aliphatic rings. The lowest BCUT2D eigenvalue weighted by atomic mass is 9.94. The van der Waals surface area contributed by atoms with Crippen LogP contribution in [0.4, 0.5) is 0 Å². The van der Waals surface area contributed by atoms with Gasteiger partial charge in [0, 0.05) is 28.4 Å². The average molecular weight is 547 g/mol. The number of halogens is 2. The molecule has 3 rings (SSSR count). The molecule has 27 heavy (non-hydrogen) atoms. The second-order valence-corrected chi connectivity index (χ2v) is 8.62. The summed E-state index contributed by atoms with van der Waals surface area (Å²) in [5.74, 6) is 2.89. The van der Waals surface area contributed by atoms with Crippen LogP contribution < -0.4 is 10.6 Å². The second-order valence-electron chi connectivity index (χ2n) is 7.71. The number of nitrogens with one attached hydrogen (secondary N) is 2. The van der Waals surface area contributed by atoms with E-state index in [1.165, 1.54) is 5.56 Å². The van der Waals surface area contributed by atoms with Crippen molar-refractivity contribution in [2.45, 2.75) is 58.0 Å². The van der Waals surface area contributed by atoms with Gasteiger partial charge in [-0.15, -0.1) is 24.0 Å². The first-order chi connectivity index (χ1) is 12.4. The average Bonchev–Trinajstić information content (AvgIpc) is 3.16. The molecule has 1 fully saturated rings. The molecule has 7 heteroatoms. The third-order valence-electron chi connectivity index (χ3n) is 4.42. The Balaban J connectivity index is 0.00000261. The van der Waals surface area contributed by atoms with Crippen LogP contribution in [0.25, 0.3) is 0 Å². The van der Waals surface area contributed by atoms with Crippen molar-refractivity contribution in [3.05, 3.63) is 52.1 Å². The summed E-state index contributed by atoms with van der Waals surface area (Å²) in [4.78, 5) is 8.98. The van der Waals surface area contributed by atoms with Crippen molar-refractivity contribution in [3.8, 4) is 0 Å². The Morgan fingerprint density at radius 3 is 2.59 bits per heavy atom. The standard InChI is InChI=1S/C20H27BrN4O.HI/c1-5-22-19(24-12-18-23-11-17(26-18)20(2,3)4)25-16-10-15(16)13-6-8-14(21)9-7-13;/h6-9,11,15-16H,5,10,12H2,1-4H3,(H2,22,24,25);1H. The largest absolute Gasteiger partial charge is 0.443 e. The van der Waals surface area contributed by atoms with Gasteiger partial charge in [-0.05, 0) is 31.0 Å². The lowest BCUT2D eigenvalue weighted by Crippen LogP contribution is -2.39. The van der Waals surface area contributed by atoms with Gasteiger partial charge in [-0.1, -0.05) is 48.8 Å². The summed E-state index contributed by atoms with van der Waals surface area (Å²) in [6.45, 7) is 9.66. The summed E-state index contributed by atoms with van der Waals surface area (Å²) >= 11 is 3.49. The highest BCUT2D eigenvalue weighted by Gasteiger charge is 2.38. The third kappa shape index (κ3) is 6.20. The Bertz CT molecular complexity index is 767. The monoisotopic (exact) mass is 546 g/mol. The number of aliphatic imine (C=N–C) groups is 1. The van der Waals surface area contributed by atoms with Crippen LogP contribution in [-0.4, -0.2) is 23.5 Å². The molecule has 5 nitrogen and oxygen atoms in total. The van der Waals surface area contributed by atoms with Crippen molar-refractivity contribution in [3.63, 3.8) is 0 Å². The number of nitrogens with zero attached hydrogens (tertiary/aromatic N) is 2. The van der Waals surface area contributed by atoms with Crippen LogP contribution in [-0.2, 0) is 12.0 Å². The molecule has 0 spiro atoms. The van der Waals surface area contributed by atoms with Gasteiger partial charge in [0.2, 0.25) is 5.89 Å². The van der Waals surface area contributed by atoms with Gasteiger partial charge in [-0.3, -0.25) is 0 Å². The maximum Gasteiger partial charge on any atom is 0.216 e. The highest BCUT2D eigenvalue weighted by molar-refractivity contribution is 14.0. The van der Waals surface area contributed by atoms with E-state index in [4.69, 9.17) is 4.42 Å². The molecular formula is C20H28BrIN4O. The van der Waals surface area contributed by atoms with Gasteiger partial charge in [-0.25, -0.2) is 9.98 Å². The van der Waals surface area contributed by atoms with E-state index < -0.39 is 0 Å². The van der Waals surface area contributed by atoms with E-state index >= 15 is 0 Å². The molecular weight excluding hydrogens is 519 g/mol. The maximum atomic E-state index is 5.82. The molecule has 2 N–H and O–H groups in total. The normalized spacial score (nSPS) is 19.4. The van der Waals surface area contributed by atoms with E-state index in [9.17, 15) is 0 Å². The van der Waals surface area contributed by atoms with E-state index in [1.54, 1.807) is 6.20 Å². The fourth-order valence-corrected chi connectivity index (χ4v) is 3.07. The first-order valence-electron chi connectivity index (χ1n) is 9.12. The molecule has 0 radical (unpaired) electrons. The highest BCUT2D eigenvalue weighted by Crippen LogP contribution is 2.41. The molecule has 0 saturated heterocycles. The molecule has 1 aromatic carbocycles. The van der Waals surface area contributed by atoms with Crippen molar-refractivity contribution in [1.82, 2.24) is 15.6 Å². The number of aromatic nitrogens is 1. The molecule has 0 amide bonds. The molecule has 0 bridgehead atoms. The number of benzene rings is 1. The molecule has 1 saturated carbocycles. The fourth-order valence-electron chi connectivity index (χ4n) is 2.81. The van der Waals surface area contributed by atoms with Crippen LogP contribution >= 0.6 is 39.9 Å². The van der Waals surface area contributed by atoms with Crippen molar-refractivity contribution in [1.29, 1.82) is 0 Å². The van der Waals surface area contributed by atoms with Gasteiger partial charge >= 0.3 is 0 Å². The van der Waals surface area contributed by atoms with E-state index in [0.29, 0.717) is 24.4 Å². The van der Waals surface area contributed by atoms with E-state index in [-0.39, 0.29) is 29.4 Å². The van der Waals surface area contributed by atoms with Crippen molar-refractivity contribution < 1.29 is 4.42 Å². The first-order valence-corrected chi connectivity index (χ1v) is 9.91. The van der Waals surface area contributed by atoms with Gasteiger partial charge in [-0.2, -0.15) is 0 Å². The third-order valence-corrected chi connectivity index (χ3v) is 4.95. The minimum absolute atomic E-state index is 0. The van der Waals surface area contributed by atoms with Crippen LogP contribution in [0.15, 0.2) is 44.3 Å².